The van der Waals surface area contributed by atoms with Crippen LogP contribution in [0.25, 0.3) is 0 Å². The van der Waals surface area contributed by atoms with Gasteiger partial charge >= 0.3 is 6.09 Å². The molecule has 0 radical (unpaired) electrons. The third kappa shape index (κ3) is 4.60. The number of aromatic nitrogens is 1. The molecule has 3 aliphatic rings. The van der Waals surface area contributed by atoms with E-state index < -0.39 is 5.60 Å². The topological polar surface area (TPSA) is 72.7 Å². The van der Waals surface area contributed by atoms with Crippen molar-refractivity contribution in [3.63, 3.8) is 0 Å². The molecule has 2 aromatic rings. The molecule has 0 N–H and O–H groups in total. The number of carbonyl (C=O) groups excluding carboxylic acids is 1. The molecule has 4 heterocycles. The Hall–Kier alpha value is -3.11. The van der Waals surface area contributed by atoms with Crippen LogP contribution < -0.4 is 4.90 Å². The van der Waals surface area contributed by atoms with Crippen LogP contribution in [0, 0.1) is 16.7 Å². The van der Waals surface area contributed by atoms with E-state index in [9.17, 15) is 10.1 Å². The molecule has 0 unspecified atom stereocenters. The Bertz CT molecular complexity index is 1090. The molecule has 7 heteroatoms. The standard InChI is InChI=1S/C27H33N5O2/c1-26(2,3)34-25(33)31-10-8-27(9-11-31)18-32(19-27)24-23(13-28)12-20(14-29-24)15-30-16-21-6-4-5-7-22(21)17-30/h4-7,12,14H,8-11,15-19H2,1-3H3. The van der Waals surface area contributed by atoms with Crippen molar-refractivity contribution in [3.05, 3.63) is 58.8 Å². The van der Waals surface area contributed by atoms with Crippen LogP contribution in [0.5, 0.6) is 0 Å². The lowest BCUT2D eigenvalue weighted by Gasteiger charge is -2.54. The van der Waals surface area contributed by atoms with E-state index in [4.69, 9.17) is 9.72 Å². The number of ether oxygens (including phenoxy) is 1. The average molecular weight is 460 g/mol. The molecule has 2 saturated heterocycles. The van der Waals surface area contributed by atoms with Gasteiger partial charge in [-0.1, -0.05) is 24.3 Å². The summed E-state index contributed by atoms with van der Waals surface area (Å²) in [5, 5.41) is 9.82. The van der Waals surface area contributed by atoms with Crippen molar-refractivity contribution < 1.29 is 9.53 Å². The third-order valence-electron chi connectivity index (χ3n) is 7.18. The molecule has 0 aliphatic carbocycles. The largest absolute Gasteiger partial charge is 0.444 e. The van der Waals surface area contributed by atoms with Gasteiger partial charge in [-0.05, 0) is 56.4 Å². The number of amides is 1. The van der Waals surface area contributed by atoms with Gasteiger partial charge in [-0.2, -0.15) is 5.26 Å². The van der Waals surface area contributed by atoms with Gasteiger partial charge in [0.2, 0.25) is 0 Å². The van der Waals surface area contributed by atoms with Gasteiger partial charge in [0.15, 0.2) is 0 Å². The molecule has 0 atom stereocenters. The fourth-order valence-corrected chi connectivity index (χ4v) is 5.41. The number of nitrogens with zero attached hydrogens (tertiary/aromatic N) is 5. The summed E-state index contributed by atoms with van der Waals surface area (Å²) >= 11 is 0. The minimum atomic E-state index is -0.468. The predicted octanol–water partition coefficient (Wildman–Crippen LogP) is 4.31. The average Bonchev–Trinajstić information content (AvgIpc) is 3.18. The molecule has 0 saturated carbocycles. The van der Waals surface area contributed by atoms with Crippen molar-refractivity contribution in [2.24, 2.45) is 5.41 Å². The Morgan fingerprint density at radius 1 is 1.15 bits per heavy atom. The molecule has 7 nitrogen and oxygen atoms in total. The first-order chi connectivity index (χ1) is 16.2. The van der Waals surface area contributed by atoms with E-state index in [2.05, 4.69) is 40.1 Å². The van der Waals surface area contributed by atoms with Crippen LogP contribution in [0.3, 0.4) is 0 Å². The summed E-state index contributed by atoms with van der Waals surface area (Å²) in [5.41, 5.74) is 4.23. The summed E-state index contributed by atoms with van der Waals surface area (Å²) in [6.45, 7) is 11.6. The van der Waals surface area contributed by atoms with E-state index in [1.807, 2.05) is 37.9 Å². The lowest BCUT2D eigenvalue weighted by atomic mass is 9.72. The highest BCUT2D eigenvalue weighted by molar-refractivity contribution is 5.68. The normalized spacial score (nSPS) is 19.5. The minimum absolute atomic E-state index is 0.201. The van der Waals surface area contributed by atoms with E-state index >= 15 is 0 Å². The number of nitriles is 1. The minimum Gasteiger partial charge on any atom is -0.444 e. The van der Waals surface area contributed by atoms with Crippen LogP contribution in [-0.2, 0) is 24.4 Å². The zero-order chi connectivity index (χ0) is 23.9. The van der Waals surface area contributed by atoms with Gasteiger partial charge in [0.25, 0.3) is 0 Å². The maximum absolute atomic E-state index is 12.4. The molecule has 1 spiro atoms. The lowest BCUT2D eigenvalue weighted by molar-refractivity contribution is 0.00589. The molecule has 3 aliphatic heterocycles. The fraction of sp³-hybridized carbons (Fsp3) is 0.519. The first-order valence-corrected chi connectivity index (χ1v) is 12.1. The van der Waals surface area contributed by atoms with Crippen LogP contribution in [-0.4, -0.2) is 52.7 Å². The van der Waals surface area contributed by atoms with Crippen molar-refractivity contribution in [1.82, 2.24) is 14.8 Å². The second kappa shape index (κ2) is 8.59. The highest BCUT2D eigenvalue weighted by Gasteiger charge is 2.46. The number of fused-ring (bicyclic) bond motifs is 1. The quantitative estimate of drug-likeness (QED) is 0.681. The number of anilines is 1. The molecule has 5 rings (SSSR count). The Kier molecular flexibility index (Phi) is 5.73. The highest BCUT2D eigenvalue weighted by atomic mass is 16.6. The van der Waals surface area contributed by atoms with Gasteiger partial charge in [0, 0.05) is 57.4 Å². The summed E-state index contributed by atoms with van der Waals surface area (Å²) in [6.07, 6.45) is 3.62. The first kappa shape index (κ1) is 22.7. The maximum Gasteiger partial charge on any atom is 0.410 e. The van der Waals surface area contributed by atoms with Gasteiger partial charge in [-0.25, -0.2) is 9.78 Å². The van der Waals surface area contributed by atoms with Crippen LogP contribution in [0.1, 0.15) is 55.9 Å². The van der Waals surface area contributed by atoms with Crippen LogP contribution in [0.4, 0.5) is 10.6 Å². The number of piperidine rings is 1. The number of hydrogen-bond donors (Lipinski definition) is 0. The molecule has 1 aromatic carbocycles. The summed E-state index contributed by atoms with van der Waals surface area (Å²) < 4.78 is 5.52. The molecule has 1 amide bonds. The number of rotatable bonds is 3. The smallest absolute Gasteiger partial charge is 0.410 e. The summed E-state index contributed by atoms with van der Waals surface area (Å²) in [6, 6.07) is 12.9. The first-order valence-electron chi connectivity index (χ1n) is 12.1. The highest BCUT2D eigenvalue weighted by Crippen LogP contribution is 2.43. The van der Waals surface area contributed by atoms with Crippen molar-refractivity contribution in [2.45, 2.75) is 58.8 Å². The van der Waals surface area contributed by atoms with Crippen LogP contribution in [0.15, 0.2) is 36.5 Å². The molecule has 1 aromatic heterocycles. The predicted molar refractivity (Wildman–Crippen MR) is 130 cm³/mol. The van der Waals surface area contributed by atoms with Gasteiger partial charge in [-0.3, -0.25) is 4.90 Å². The van der Waals surface area contributed by atoms with E-state index in [1.165, 1.54) is 11.1 Å². The zero-order valence-electron chi connectivity index (χ0n) is 20.4. The monoisotopic (exact) mass is 459 g/mol. The molecule has 0 bridgehead atoms. The van der Waals surface area contributed by atoms with E-state index in [-0.39, 0.29) is 11.5 Å². The van der Waals surface area contributed by atoms with Gasteiger partial charge < -0.3 is 14.5 Å². The summed E-state index contributed by atoms with van der Waals surface area (Å²) in [7, 11) is 0. The van der Waals surface area contributed by atoms with Crippen molar-refractivity contribution >= 4 is 11.9 Å². The van der Waals surface area contributed by atoms with Gasteiger partial charge in [-0.15, -0.1) is 0 Å². The molecular formula is C27H33N5O2. The van der Waals surface area contributed by atoms with E-state index in [1.54, 1.807) is 0 Å². The number of carbonyl (C=O) groups is 1. The SMILES string of the molecule is CC(C)(C)OC(=O)N1CCC2(CC1)CN(c1ncc(CN3Cc4ccccc4C3)cc1C#N)C2. The number of pyridine rings is 1. The van der Waals surface area contributed by atoms with Gasteiger partial charge in [0.05, 0.1) is 5.56 Å². The molecule has 178 valence electrons. The Morgan fingerprint density at radius 2 is 1.79 bits per heavy atom. The maximum atomic E-state index is 12.4. The third-order valence-corrected chi connectivity index (χ3v) is 7.18. The fourth-order valence-electron chi connectivity index (χ4n) is 5.41. The summed E-state index contributed by atoms with van der Waals surface area (Å²) in [4.78, 5) is 23.5. The Labute approximate surface area is 201 Å². The van der Waals surface area contributed by atoms with E-state index in [0.717, 1.165) is 70.0 Å². The Morgan fingerprint density at radius 3 is 2.38 bits per heavy atom. The van der Waals surface area contributed by atoms with Gasteiger partial charge in [0.1, 0.15) is 17.5 Å². The van der Waals surface area contributed by atoms with Crippen LogP contribution in [0.2, 0.25) is 0 Å². The van der Waals surface area contributed by atoms with Crippen LogP contribution >= 0.6 is 0 Å². The number of hydrogen-bond acceptors (Lipinski definition) is 6. The van der Waals surface area contributed by atoms with Crippen molar-refractivity contribution in [1.29, 1.82) is 5.26 Å². The molecule has 34 heavy (non-hydrogen) atoms. The number of benzene rings is 1. The second-order valence-electron chi connectivity index (χ2n) is 11.1. The lowest BCUT2D eigenvalue weighted by Crippen LogP contribution is -2.61. The zero-order valence-corrected chi connectivity index (χ0v) is 20.4. The second-order valence-corrected chi connectivity index (χ2v) is 11.1. The number of likely N-dealkylation sites (tertiary alicyclic amines) is 1. The summed E-state index contributed by atoms with van der Waals surface area (Å²) in [5.74, 6) is 0.788. The molecule has 2 fully saturated rings. The van der Waals surface area contributed by atoms with Crippen molar-refractivity contribution in [3.8, 4) is 6.07 Å². The molecular weight excluding hydrogens is 426 g/mol. The van der Waals surface area contributed by atoms with E-state index in [0.29, 0.717) is 5.56 Å². The van der Waals surface area contributed by atoms with Crippen molar-refractivity contribution in [2.75, 3.05) is 31.1 Å². The Balaban J connectivity index is 1.17.